The fourth-order valence-corrected chi connectivity index (χ4v) is 2.80. The summed E-state index contributed by atoms with van der Waals surface area (Å²) in [6, 6.07) is 1.76. The predicted octanol–water partition coefficient (Wildman–Crippen LogP) is 2.23. The lowest BCUT2D eigenvalue weighted by Gasteiger charge is -2.14. The predicted molar refractivity (Wildman–Crippen MR) is 67.3 cm³/mol. The maximum absolute atomic E-state index is 11.7. The van der Waals surface area contributed by atoms with E-state index in [1.165, 1.54) is 24.2 Å². The van der Waals surface area contributed by atoms with Crippen LogP contribution in [-0.2, 0) is 0 Å². The Morgan fingerprint density at radius 2 is 2.25 bits per heavy atom. The van der Waals surface area contributed by atoms with Crippen LogP contribution in [0.3, 0.4) is 0 Å². The molecule has 3 nitrogen and oxygen atoms in total. The second-order valence-corrected chi connectivity index (χ2v) is 5.43. The van der Waals surface area contributed by atoms with Gasteiger partial charge < -0.3 is 10.2 Å². The number of halogens is 1. The van der Waals surface area contributed by atoms with E-state index < -0.39 is 0 Å². The molecule has 1 aromatic heterocycles. The molecule has 0 unspecified atom stereocenters. The molecule has 88 valence electrons. The molecule has 0 saturated carbocycles. The van der Waals surface area contributed by atoms with E-state index in [0.717, 1.165) is 19.6 Å². The zero-order valence-electron chi connectivity index (χ0n) is 9.04. The highest BCUT2D eigenvalue weighted by Crippen LogP contribution is 2.22. The van der Waals surface area contributed by atoms with Crippen molar-refractivity contribution in [1.29, 1.82) is 0 Å². The minimum absolute atomic E-state index is 0.0644. The van der Waals surface area contributed by atoms with Gasteiger partial charge in [-0.25, -0.2) is 0 Å². The molecule has 1 amide bonds. The molecular formula is C11H15ClN2OS. The summed E-state index contributed by atoms with van der Waals surface area (Å²) in [6.07, 6.45) is 2.56. The highest BCUT2D eigenvalue weighted by molar-refractivity contribution is 7.14. The Bertz CT molecular complexity index is 361. The van der Waals surface area contributed by atoms with Crippen LogP contribution in [0.1, 0.15) is 23.2 Å². The minimum Gasteiger partial charge on any atom is -0.351 e. The van der Waals surface area contributed by atoms with Crippen molar-refractivity contribution >= 4 is 28.8 Å². The monoisotopic (exact) mass is 258 g/mol. The number of carbonyl (C=O) groups is 1. The van der Waals surface area contributed by atoms with E-state index in [0.29, 0.717) is 16.4 Å². The first kappa shape index (κ1) is 11.9. The van der Waals surface area contributed by atoms with Gasteiger partial charge in [0.15, 0.2) is 0 Å². The number of likely N-dealkylation sites (tertiary alicyclic amines) is 1. The van der Waals surface area contributed by atoms with Gasteiger partial charge in [0.25, 0.3) is 5.91 Å². The van der Waals surface area contributed by atoms with E-state index in [1.54, 1.807) is 6.07 Å². The normalized spacial score (nSPS) is 16.6. The largest absolute Gasteiger partial charge is 0.351 e. The van der Waals surface area contributed by atoms with Gasteiger partial charge in [-0.2, -0.15) is 0 Å². The van der Waals surface area contributed by atoms with Crippen LogP contribution < -0.4 is 5.32 Å². The van der Waals surface area contributed by atoms with Crippen LogP contribution in [0.4, 0.5) is 0 Å². The molecule has 0 atom stereocenters. The van der Waals surface area contributed by atoms with Crippen LogP contribution in [-0.4, -0.2) is 37.0 Å². The van der Waals surface area contributed by atoms with Gasteiger partial charge in [0.05, 0.1) is 5.56 Å². The summed E-state index contributed by atoms with van der Waals surface area (Å²) in [5.41, 5.74) is 0.591. The Kier molecular flexibility index (Phi) is 4.21. The Hall–Kier alpha value is -0.580. The zero-order valence-corrected chi connectivity index (χ0v) is 10.6. The van der Waals surface area contributed by atoms with Crippen molar-refractivity contribution in [1.82, 2.24) is 10.2 Å². The second-order valence-electron chi connectivity index (χ2n) is 3.91. The number of amides is 1. The van der Waals surface area contributed by atoms with Gasteiger partial charge >= 0.3 is 0 Å². The van der Waals surface area contributed by atoms with Crippen molar-refractivity contribution in [3.8, 4) is 0 Å². The maximum Gasteiger partial charge on any atom is 0.253 e. The molecule has 0 bridgehead atoms. The van der Waals surface area contributed by atoms with Gasteiger partial charge in [-0.05, 0) is 37.4 Å². The summed E-state index contributed by atoms with van der Waals surface area (Å²) in [7, 11) is 0. The number of thiophene rings is 1. The summed E-state index contributed by atoms with van der Waals surface area (Å²) < 4.78 is 0.568. The van der Waals surface area contributed by atoms with Crippen molar-refractivity contribution < 1.29 is 4.79 Å². The Morgan fingerprint density at radius 1 is 1.50 bits per heavy atom. The zero-order chi connectivity index (χ0) is 11.4. The quantitative estimate of drug-likeness (QED) is 0.898. The number of hydrogen-bond acceptors (Lipinski definition) is 3. The molecule has 0 aliphatic carbocycles. The molecule has 0 radical (unpaired) electrons. The van der Waals surface area contributed by atoms with E-state index in [9.17, 15) is 4.79 Å². The fourth-order valence-electron chi connectivity index (χ4n) is 1.88. The fraction of sp³-hybridized carbons (Fsp3) is 0.545. The van der Waals surface area contributed by atoms with Crippen LogP contribution in [0.2, 0.25) is 4.34 Å². The molecule has 1 aliphatic heterocycles. The lowest BCUT2D eigenvalue weighted by Crippen LogP contribution is -2.33. The molecule has 1 aliphatic rings. The molecule has 1 aromatic rings. The standard InChI is InChI=1S/C11H15ClN2OS/c12-10-9(3-8-16-10)11(15)13-4-7-14-5-1-2-6-14/h3,8H,1-2,4-7H2,(H,13,15). The molecule has 5 heteroatoms. The smallest absolute Gasteiger partial charge is 0.253 e. The third-order valence-electron chi connectivity index (χ3n) is 2.77. The number of nitrogens with one attached hydrogen (secondary N) is 1. The summed E-state index contributed by atoms with van der Waals surface area (Å²) in [6.45, 7) is 3.96. The Balaban J connectivity index is 1.73. The van der Waals surface area contributed by atoms with Crippen molar-refractivity contribution in [2.45, 2.75) is 12.8 Å². The average Bonchev–Trinajstić information content (AvgIpc) is 2.88. The van der Waals surface area contributed by atoms with Gasteiger partial charge in [-0.15, -0.1) is 11.3 Å². The van der Waals surface area contributed by atoms with Gasteiger partial charge in [-0.1, -0.05) is 11.6 Å². The molecular weight excluding hydrogens is 244 g/mol. The molecule has 0 spiro atoms. The van der Waals surface area contributed by atoms with Crippen molar-refractivity contribution in [2.75, 3.05) is 26.2 Å². The number of nitrogens with zero attached hydrogens (tertiary/aromatic N) is 1. The number of rotatable bonds is 4. The van der Waals surface area contributed by atoms with E-state index in [1.807, 2.05) is 5.38 Å². The third kappa shape index (κ3) is 2.97. The van der Waals surface area contributed by atoms with Crippen LogP contribution in [0.25, 0.3) is 0 Å². The molecule has 1 saturated heterocycles. The molecule has 1 fully saturated rings. The highest BCUT2D eigenvalue weighted by Gasteiger charge is 2.13. The molecule has 0 aromatic carbocycles. The third-order valence-corrected chi connectivity index (χ3v) is 3.94. The van der Waals surface area contributed by atoms with Crippen LogP contribution in [0.5, 0.6) is 0 Å². The first-order valence-electron chi connectivity index (χ1n) is 5.51. The molecule has 1 N–H and O–H groups in total. The van der Waals surface area contributed by atoms with E-state index >= 15 is 0 Å². The van der Waals surface area contributed by atoms with E-state index in [2.05, 4.69) is 10.2 Å². The maximum atomic E-state index is 11.7. The lowest BCUT2D eigenvalue weighted by atomic mass is 10.3. The lowest BCUT2D eigenvalue weighted by molar-refractivity contribution is 0.0950. The summed E-state index contributed by atoms with van der Waals surface area (Å²) in [5, 5.41) is 4.73. The topological polar surface area (TPSA) is 32.3 Å². The first-order chi connectivity index (χ1) is 7.77. The van der Waals surface area contributed by atoms with E-state index in [-0.39, 0.29) is 5.91 Å². The van der Waals surface area contributed by atoms with E-state index in [4.69, 9.17) is 11.6 Å². The summed E-state index contributed by atoms with van der Waals surface area (Å²) in [4.78, 5) is 14.1. The molecule has 16 heavy (non-hydrogen) atoms. The second kappa shape index (κ2) is 5.66. The van der Waals surface area contributed by atoms with Crippen molar-refractivity contribution in [3.63, 3.8) is 0 Å². The Labute approximate surface area is 104 Å². The van der Waals surface area contributed by atoms with Gasteiger partial charge in [0.2, 0.25) is 0 Å². The SMILES string of the molecule is O=C(NCCN1CCCC1)c1ccsc1Cl. The summed E-state index contributed by atoms with van der Waals surface area (Å²) in [5.74, 6) is -0.0644. The van der Waals surface area contributed by atoms with Crippen LogP contribution in [0.15, 0.2) is 11.4 Å². The molecule has 2 rings (SSSR count). The summed E-state index contributed by atoms with van der Waals surface area (Å²) >= 11 is 7.27. The van der Waals surface area contributed by atoms with Gasteiger partial charge in [0, 0.05) is 13.1 Å². The van der Waals surface area contributed by atoms with Crippen LogP contribution in [0, 0.1) is 0 Å². The van der Waals surface area contributed by atoms with Gasteiger partial charge in [-0.3, -0.25) is 4.79 Å². The van der Waals surface area contributed by atoms with Gasteiger partial charge in [0.1, 0.15) is 4.34 Å². The molecule has 2 heterocycles. The van der Waals surface area contributed by atoms with Crippen molar-refractivity contribution in [3.05, 3.63) is 21.3 Å². The average molecular weight is 259 g/mol. The van der Waals surface area contributed by atoms with Crippen molar-refractivity contribution in [2.24, 2.45) is 0 Å². The first-order valence-corrected chi connectivity index (χ1v) is 6.76. The number of hydrogen-bond donors (Lipinski definition) is 1. The number of carbonyl (C=O) groups excluding carboxylic acids is 1. The van der Waals surface area contributed by atoms with Crippen LogP contribution >= 0.6 is 22.9 Å². The Morgan fingerprint density at radius 3 is 2.88 bits per heavy atom. The minimum atomic E-state index is -0.0644. The highest BCUT2D eigenvalue weighted by atomic mass is 35.5.